The van der Waals surface area contributed by atoms with Crippen molar-refractivity contribution in [2.45, 2.75) is 26.2 Å². The monoisotopic (exact) mass is 441 g/mol. The van der Waals surface area contributed by atoms with Crippen LogP contribution in [0.25, 0.3) is 0 Å². The molecular weight excluding hydrogens is 414 g/mol. The summed E-state index contributed by atoms with van der Waals surface area (Å²) in [5, 5.41) is 17.1. The van der Waals surface area contributed by atoms with Gasteiger partial charge >= 0.3 is 0 Å². The van der Waals surface area contributed by atoms with E-state index < -0.39 is 0 Å². The van der Waals surface area contributed by atoms with Crippen LogP contribution >= 0.6 is 0 Å². The van der Waals surface area contributed by atoms with Crippen LogP contribution in [0.4, 0.5) is 28.4 Å². The highest BCUT2D eigenvalue weighted by Crippen LogP contribution is 2.25. The number of hydrogen-bond acceptors (Lipinski definition) is 7. The number of hydrogen-bond donors (Lipinski definition) is 0. The molecule has 168 valence electrons. The second-order valence-corrected chi connectivity index (χ2v) is 7.81. The molecule has 0 aromatic heterocycles. The summed E-state index contributed by atoms with van der Waals surface area (Å²) in [4.78, 5) is 14.2. The van der Waals surface area contributed by atoms with Crippen molar-refractivity contribution in [3.8, 4) is 0 Å². The Hall–Kier alpha value is -3.71. The number of Topliss-reactive ketones (excluding diaryl/α,β-unsaturated/α-hetero) is 1. The largest absolute Gasteiger partial charge is 0.359 e. The van der Waals surface area contributed by atoms with Crippen molar-refractivity contribution in [1.29, 1.82) is 0 Å². The van der Waals surface area contributed by atoms with E-state index in [1.807, 2.05) is 60.7 Å². The molecule has 0 aliphatic carbocycles. The molecule has 7 heteroatoms. The van der Waals surface area contributed by atoms with E-state index in [1.54, 1.807) is 12.1 Å². The number of ether oxygens (including phenoxy) is 1. The molecule has 0 saturated carbocycles. The Bertz CT molecular complexity index is 1100. The van der Waals surface area contributed by atoms with Crippen molar-refractivity contribution >= 4 is 34.2 Å². The fraction of sp³-hybridized carbons (Fsp3) is 0.269. The van der Waals surface area contributed by atoms with Gasteiger partial charge in [0.05, 0.1) is 29.4 Å². The van der Waals surface area contributed by atoms with Crippen LogP contribution in [0.3, 0.4) is 0 Å². The molecule has 4 rings (SSSR count). The maximum Gasteiger partial charge on any atom is 0.162 e. The lowest BCUT2D eigenvalue weighted by Gasteiger charge is -2.15. The Morgan fingerprint density at radius 3 is 1.73 bits per heavy atom. The Balaban J connectivity index is 1.32. The highest BCUT2D eigenvalue weighted by atomic mass is 16.5. The fourth-order valence-corrected chi connectivity index (χ4v) is 3.36. The average Bonchev–Trinajstić information content (AvgIpc) is 3.41. The molecule has 0 atom stereocenters. The zero-order valence-corrected chi connectivity index (χ0v) is 18.7. The van der Waals surface area contributed by atoms with Crippen LogP contribution in [0.5, 0.6) is 0 Å². The number of rotatable bonds is 9. The summed E-state index contributed by atoms with van der Waals surface area (Å²) in [7, 11) is 0. The first-order valence-corrected chi connectivity index (χ1v) is 11.2. The van der Waals surface area contributed by atoms with Gasteiger partial charge in [0.25, 0.3) is 0 Å². The Morgan fingerprint density at radius 2 is 1.27 bits per heavy atom. The molecule has 3 aromatic carbocycles. The third-order valence-electron chi connectivity index (χ3n) is 5.33. The van der Waals surface area contributed by atoms with Crippen molar-refractivity contribution in [3.63, 3.8) is 0 Å². The Morgan fingerprint density at radius 1 is 0.788 bits per heavy atom. The fourth-order valence-electron chi connectivity index (χ4n) is 3.36. The molecule has 0 radical (unpaired) electrons. The SMILES string of the molecule is CCCCC(=O)c1ccc(N=Nc2ccc(N=Nc3ccc(N4CCOC4)cc3)cc2)cc1. The van der Waals surface area contributed by atoms with Crippen LogP contribution in [-0.2, 0) is 4.74 Å². The van der Waals surface area contributed by atoms with E-state index in [9.17, 15) is 4.79 Å². The van der Waals surface area contributed by atoms with Crippen molar-refractivity contribution in [3.05, 3.63) is 78.4 Å². The molecule has 0 amide bonds. The van der Waals surface area contributed by atoms with Gasteiger partial charge in [0.15, 0.2) is 5.78 Å². The molecule has 1 heterocycles. The Labute approximate surface area is 193 Å². The van der Waals surface area contributed by atoms with E-state index in [0.717, 1.165) is 48.6 Å². The first-order chi connectivity index (χ1) is 16.2. The van der Waals surface area contributed by atoms with Crippen LogP contribution in [-0.4, -0.2) is 25.7 Å². The maximum atomic E-state index is 12.1. The number of nitrogens with zero attached hydrogens (tertiary/aromatic N) is 5. The Kier molecular flexibility index (Phi) is 7.66. The molecule has 1 aliphatic heterocycles. The van der Waals surface area contributed by atoms with Gasteiger partial charge < -0.3 is 9.64 Å². The summed E-state index contributed by atoms with van der Waals surface area (Å²) in [5.74, 6) is 0.169. The summed E-state index contributed by atoms with van der Waals surface area (Å²) >= 11 is 0. The molecule has 0 N–H and O–H groups in total. The lowest BCUT2D eigenvalue weighted by molar-refractivity contribution is 0.0980. The zero-order chi connectivity index (χ0) is 22.9. The van der Waals surface area contributed by atoms with Gasteiger partial charge in [-0.2, -0.15) is 20.5 Å². The number of carbonyl (C=O) groups is 1. The van der Waals surface area contributed by atoms with E-state index in [-0.39, 0.29) is 5.78 Å². The molecular formula is C26H27N5O2. The van der Waals surface area contributed by atoms with E-state index >= 15 is 0 Å². The van der Waals surface area contributed by atoms with Gasteiger partial charge in [-0.3, -0.25) is 4.79 Å². The minimum absolute atomic E-state index is 0.169. The van der Waals surface area contributed by atoms with Crippen LogP contribution in [0.2, 0.25) is 0 Å². The molecule has 7 nitrogen and oxygen atoms in total. The third-order valence-corrected chi connectivity index (χ3v) is 5.33. The maximum absolute atomic E-state index is 12.1. The smallest absolute Gasteiger partial charge is 0.162 e. The lowest BCUT2D eigenvalue weighted by Crippen LogP contribution is -2.17. The van der Waals surface area contributed by atoms with Gasteiger partial charge in [-0.1, -0.05) is 13.3 Å². The molecule has 0 spiro atoms. The number of benzene rings is 3. The second kappa shape index (κ2) is 11.2. The highest BCUT2D eigenvalue weighted by Gasteiger charge is 2.12. The summed E-state index contributed by atoms with van der Waals surface area (Å²) in [6.07, 6.45) is 2.51. The van der Waals surface area contributed by atoms with E-state index in [0.29, 0.717) is 24.5 Å². The lowest BCUT2D eigenvalue weighted by atomic mass is 10.1. The standard InChI is InChI=1S/C26H27N5O2/c1-2-3-4-26(32)20-5-7-21(8-6-20)27-28-22-9-11-23(12-10-22)29-30-24-13-15-25(16-14-24)31-17-18-33-19-31/h5-16H,2-4,17-19H2,1H3. The first kappa shape index (κ1) is 22.5. The van der Waals surface area contributed by atoms with E-state index in [4.69, 9.17) is 4.74 Å². The molecule has 1 aliphatic rings. The molecule has 3 aromatic rings. The minimum Gasteiger partial charge on any atom is -0.359 e. The van der Waals surface area contributed by atoms with Gasteiger partial charge in [-0.05, 0) is 79.2 Å². The topological polar surface area (TPSA) is 79.0 Å². The zero-order valence-electron chi connectivity index (χ0n) is 18.7. The van der Waals surface area contributed by atoms with Gasteiger partial charge in [0, 0.05) is 24.2 Å². The summed E-state index contributed by atoms with van der Waals surface area (Å²) < 4.78 is 5.38. The average molecular weight is 442 g/mol. The van der Waals surface area contributed by atoms with Crippen molar-refractivity contribution in [2.24, 2.45) is 20.5 Å². The van der Waals surface area contributed by atoms with Crippen molar-refractivity contribution in [1.82, 2.24) is 0 Å². The van der Waals surface area contributed by atoms with Crippen molar-refractivity contribution < 1.29 is 9.53 Å². The summed E-state index contributed by atoms with van der Waals surface area (Å²) in [6, 6.07) is 22.6. The van der Waals surface area contributed by atoms with Gasteiger partial charge in [0.1, 0.15) is 6.73 Å². The number of anilines is 1. The summed E-state index contributed by atoms with van der Waals surface area (Å²) in [6.45, 7) is 4.39. The quantitative estimate of drug-likeness (QED) is 0.252. The molecule has 33 heavy (non-hydrogen) atoms. The van der Waals surface area contributed by atoms with Gasteiger partial charge in [-0.25, -0.2) is 0 Å². The molecule has 0 bridgehead atoms. The van der Waals surface area contributed by atoms with Gasteiger partial charge in [0.2, 0.25) is 0 Å². The van der Waals surface area contributed by atoms with Crippen molar-refractivity contribution in [2.75, 3.05) is 24.8 Å². The number of carbonyl (C=O) groups excluding carboxylic acids is 1. The molecule has 1 saturated heterocycles. The first-order valence-electron chi connectivity index (χ1n) is 11.2. The normalized spacial score (nSPS) is 13.9. The van der Waals surface area contributed by atoms with Crippen LogP contribution in [0.15, 0.2) is 93.3 Å². The van der Waals surface area contributed by atoms with Gasteiger partial charge in [-0.15, -0.1) is 0 Å². The van der Waals surface area contributed by atoms with Crippen LogP contribution in [0, 0.1) is 0 Å². The van der Waals surface area contributed by atoms with Crippen LogP contribution < -0.4 is 4.90 Å². The predicted octanol–water partition coefficient (Wildman–Crippen LogP) is 7.68. The predicted molar refractivity (Wildman–Crippen MR) is 130 cm³/mol. The van der Waals surface area contributed by atoms with Crippen LogP contribution in [0.1, 0.15) is 36.5 Å². The second-order valence-electron chi connectivity index (χ2n) is 7.81. The van der Waals surface area contributed by atoms with E-state index in [1.165, 1.54) is 0 Å². The van der Waals surface area contributed by atoms with E-state index in [2.05, 4.69) is 32.3 Å². The third kappa shape index (κ3) is 6.40. The minimum atomic E-state index is 0.169. The molecule has 1 fully saturated rings. The highest BCUT2D eigenvalue weighted by molar-refractivity contribution is 5.96. The number of ketones is 1. The summed E-state index contributed by atoms with van der Waals surface area (Å²) in [5.41, 5.74) is 4.79. The molecule has 0 unspecified atom stereocenters. The number of azo groups is 2. The number of unbranched alkanes of at least 4 members (excludes halogenated alkanes) is 1.